The third kappa shape index (κ3) is 4.44. The molecule has 0 bridgehead atoms. The first-order valence-electron chi connectivity index (χ1n) is 3.72. The number of hydrogen-bond acceptors (Lipinski definition) is 3. The molecular weight excluding hydrogens is 176 g/mol. The lowest BCUT2D eigenvalue weighted by Crippen LogP contribution is -2.15. The van der Waals surface area contributed by atoms with Crippen molar-refractivity contribution in [2.45, 2.75) is 18.7 Å². The summed E-state index contributed by atoms with van der Waals surface area (Å²) < 4.78 is 0. The molecule has 0 aromatic carbocycles. The molecule has 0 aliphatic rings. The van der Waals surface area contributed by atoms with Gasteiger partial charge in [-0.25, -0.2) is 0 Å². The molecule has 0 aromatic rings. The number of nitrogens with two attached hydrogens (primary N) is 1. The Balaban J connectivity index is 4.38. The van der Waals surface area contributed by atoms with E-state index in [9.17, 15) is 0 Å². The summed E-state index contributed by atoms with van der Waals surface area (Å²) in [6.45, 7) is 1.90. The van der Waals surface area contributed by atoms with Crippen LogP contribution in [-0.4, -0.2) is 22.5 Å². The molecule has 5 heteroatoms. The second kappa shape index (κ2) is 6.11. The van der Waals surface area contributed by atoms with Crippen LogP contribution in [0.5, 0.6) is 0 Å². The first-order chi connectivity index (χ1) is 5.61. The average Bonchev–Trinajstić information content (AvgIpc) is 2.03. The highest BCUT2D eigenvalue weighted by Crippen LogP contribution is 2.08. The average molecular weight is 189 g/mol. The Morgan fingerprint density at radius 1 is 1.67 bits per heavy atom. The van der Waals surface area contributed by atoms with Gasteiger partial charge in [-0.05, 0) is 24.2 Å². The minimum absolute atomic E-state index is 0.196. The zero-order valence-corrected chi connectivity index (χ0v) is 7.70. The second-order valence-electron chi connectivity index (χ2n) is 2.32. The van der Waals surface area contributed by atoms with Gasteiger partial charge in [0.2, 0.25) is 0 Å². The van der Waals surface area contributed by atoms with E-state index in [4.69, 9.17) is 27.4 Å². The Morgan fingerprint density at radius 2 is 2.25 bits per heavy atom. The van der Waals surface area contributed by atoms with Gasteiger partial charge in [-0.15, -0.1) is 11.6 Å². The van der Waals surface area contributed by atoms with Crippen LogP contribution >= 0.6 is 11.6 Å². The predicted molar refractivity (Wildman–Crippen MR) is 51.5 cm³/mol. The molecule has 3 nitrogen and oxygen atoms in total. The van der Waals surface area contributed by atoms with Gasteiger partial charge < -0.3 is 15.8 Å². The van der Waals surface area contributed by atoms with Crippen molar-refractivity contribution in [1.82, 2.24) is 0 Å². The van der Waals surface area contributed by atoms with E-state index >= 15 is 0 Å². The van der Waals surface area contributed by atoms with Crippen LogP contribution in [0.25, 0.3) is 0 Å². The molecule has 0 aliphatic carbocycles. The van der Waals surface area contributed by atoms with E-state index in [0.717, 1.165) is 6.42 Å². The lowest BCUT2D eigenvalue weighted by Gasteiger charge is -2.03. The van der Waals surface area contributed by atoms with Gasteiger partial charge in [0.25, 0.3) is 0 Å². The molecule has 0 aliphatic heterocycles. The quantitative estimate of drug-likeness (QED) is 0.341. The van der Waals surface area contributed by atoms with E-state index in [2.05, 4.69) is 0 Å². The van der Waals surface area contributed by atoms with Crippen LogP contribution in [0.2, 0.25) is 0 Å². The van der Waals surface area contributed by atoms with Gasteiger partial charge in [-0.1, -0.05) is 13.0 Å². The van der Waals surface area contributed by atoms with Crippen LogP contribution < -0.4 is 5.73 Å². The van der Waals surface area contributed by atoms with Crippen LogP contribution in [0.15, 0.2) is 23.8 Å². The molecule has 68 valence electrons. The highest BCUT2D eigenvalue weighted by Gasteiger charge is 2.12. The van der Waals surface area contributed by atoms with Gasteiger partial charge in [0.15, 0.2) is 0 Å². The summed E-state index contributed by atoms with van der Waals surface area (Å²) in [4.78, 5) is 0. The summed E-state index contributed by atoms with van der Waals surface area (Å²) in [6.07, 6.45) is 4.95. The molecule has 1 atom stereocenters. The third-order valence-electron chi connectivity index (χ3n) is 1.35. The van der Waals surface area contributed by atoms with Crippen molar-refractivity contribution in [2.24, 2.45) is 5.73 Å². The molecule has 0 radical (unpaired) electrons. The Labute approximate surface area is 77.7 Å². The first-order valence-corrected chi connectivity index (χ1v) is 4.15. The van der Waals surface area contributed by atoms with Crippen molar-refractivity contribution in [2.75, 3.05) is 0 Å². The molecule has 0 heterocycles. The van der Waals surface area contributed by atoms with E-state index in [1.54, 1.807) is 6.08 Å². The highest BCUT2D eigenvalue weighted by atomic mass is 35.5. The number of hydrogen-bond donors (Lipinski definition) is 3. The Hall–Kier alpha value is -0.445. The van der Waals surface area contributed by atoms with Crippen molar-refractivity contribution in [1.29, 1.82) is 0 Å². The van der Waals surface area contributed by atoms with Crippen molar-refractivity contribution in [3.05, 3.63) is 23.8 Å². The molecule has 4 N–H and O–H groups in total. The summed E-state index contributed by atoms with van der Waals surface area (Å²) in [5.74, 6) is 0. The van der Waals surface area contributed by atoms with Crippen molar-refractivity contribution < 1.29 is 10.0 Å². The van der Waals surface area contributed by atoms with Crippen LogP contribution in [0.3, 0.4) is 0 Å². The zero-order valence-electron chi connectivity index (χ0n) is 6.94. The van der Waals surface area contributed by atoms with Crippen LogP contribution in [0.4, 0.5) is 0 Å². The van der Waals surface area contributed by atoms with Gasteiger partial charge in [0.05, 0.1) is 5.38 Å². The SMILES string of the molecule is CCC(Cl)/C=C(\C=C/N)B(O)O. The molecule has 0 saturated heterocycles. The van der Waals surface area contributed by atoms with Gasteiger partial charge in [-0.2, -0.15) is 0 Å². The monoisotopic (exact) mass is 189 g/mol. The molecule has 0 saturated carbocycles. The van der Waals surface area contributed by atoms with Gasteiger partial charge in [-0.3, -0.25) is 0 Å². The maximum Gasteiger partial charge on any atom is 0.488 e. The molecule has 0 amide bonds. The standard InChI is InChI=1S/C7H13BClNO2/c1-2-7(9)5-6(3-4-10)8(11)12/h3-5,7,11-12H,2,10H2,1H3/b4-3-,6-5+. The Morgan fingerprint density at radius 3 is 2.58 bits per heavy atom. The smallest absolute Gasteiger partial charge is 0.423 e. The number of halogens is 1. The fraction of sp³-hybridized carbons (Fsp3) is 0.429. The third-order valence-corrected chi connectivity index (χ3v) is 1.78. The topological polar surface area (TPSA) is 66.5 Å². The summed E-state index contributed by atoms with van der Waals surface area (Å²) >= 11 is 5.77. The van der Waals surface area contributed by atoms with E-state index in [0.29, 0.717) is 5.47 Å². The number of allylic oxidation sites excluding steroid dienone is 3. The van der Waals surface area contributed by atoms with Gasteiger partial charge >= 0.3 is 7.12 Å². The fourth-order valence-corrected chi connectivity index (χ4v) is 0.811. The number of alkyl halides is 1. The van der Waals surface area contributed by atoms with Crippen molar-refractivity contribution in [3.8, 4) is 0 Å². The van der Waals surface area contributed by atoms with Crippen LogP contribution in [-0.2, 0) is 0 Å². The minimum Gasteiger partial charge on any atom is -0.423 e. The summed E-state index contributed by atoms with van der Waals surface area (Å²) in [7, 11) is -1.52. The van der Waals surface area contributed by atoms with Gasteiger partial charge in [0, 0.05) is 0 Å². The van der Waals surface area contributed by atoms with E-state index in [-0.39, 0.29) is 5.38 Å². The molecule has 0 spiro atoms. The zero-order chi connectivity index (χ0) is 9.56. The predicted octanol–water partition coefficient (Wildman–Crippen LogP) is 0.415. The fourth-order valence-electron chi connectivity index (χ4n) is 0.665. The lowest BCUT2D eigenvalue weighted by atomic mass is 9.78. The van der Waals surface area contributed by atoms with Crippen molar-refractivity contribution >= 4 is 18.7 Å². The molecule has 1 unspecified atom stereocenters. The Kier molecular flexibility index (Phi) is 5.89. The second-order valence-corrected chi connectivity index (χ2v) is 2.88. The van der Waals surface area contributed by atoms with Crippen LogP contribution in [0.1, 0.15) is 13.3 Å². The van der Waals surface area contributed by atoms with E-state index in [1.165, 1.54) is 12.3 Å². The summed E-state index contributed by atoms with van der Waals surface area (Å²) in [5.41, 5.74) is 5.42. The maximum absolute atomic E-state index is 8.81. The molecular formula is C7H13BClNO2. The highest BCUT2D eigenvalue weighted by molar-refractivity contribution is 6.52. The summed E-state index contributed by atoms with van der Waals surface area (Å²) in [6, 6.07) is 0. The molecule has 0 aromatic heterocycles. The largest absolute Gasteiger partial charge is 0.488 e. The normalized spacial score (nSPS) is 15.2. The van der Waals surface area contributed by atoms with Crippen LogP contribution in [0, 0.1) is 0 Å². The summed E-state index contributed by atoms with van der Waals surface area (Å²) in [5, 5.41) is 17.4. The first kappa shape index (κ1) is 11.6. The lowest BCUT2D eigenvalue weighted by molar-refractivity contribution is 0.420. The minimum atomic E-state index is -1.52. The van der Waals surface area contributed by atoms with Gasteiger partial charge in [0.1, 0.15) is 0 Å². The molecule has 12 heavy (non-hydrogen) atoms. The van der Waals surface area contributed by atoms with Crippen molar-refractivity contribution in [3.63, 3.8) is 0 Å². The van der Waals surface area contributed by atoms with E-state index in [1.807, 2.05) is 6.92 Å². The maximum atomic E-state index is 8.81. The molecule has 0 fully saturated rings. The van der Waals surface area contributed by atoms with E-state index < -0.39 is 7.12 Å². The Bertz CT molecular complexity index is 182. The number of rotatable bonds is 4. The molecule has 0 rings (SSSR count).